The minimum atomic E-state index is -0.950. The lowest BCUT2D eigenvalue weighted by Crippen LogP contribution is -2.40. The molecule has 0 fully saturated rings. The van der Waals surface area contributed by atoms with Gasteiger partial charge in [0.25, 0.3) is 11.8 Å². The summed E-state index contributed by atoms with van der Waals surface area (Å²) in [7, 11) is 0. The molecule has 0 aromatic heterocycles. The Kier molecular flexibility index (Phi) is 7.73. The van der Waals surface area contributed by atoms with Crippen LogP contribution in [0.5, 0.6) is 0 Å². The topological polar surface area (TPSA) is 114 Å². The van der Waals surface area contributed by atoms with E-state index in [1.807, 2.05) is 0 Å². The van der Waals surface area contributed by atoms with E-state index in [1.54, 1.807) is 36.4 Å². The van der Waals surface area contributed by atoms with Crippen molar-refractivity contribution in [1.29, 1.82) is 0 Å². The van der Waals surface area contributed by atoms with Gasteiger partial charge in [0, 0.05) is 28.9 Å². The zero-order valence-corrected chi connectivity index (χ0v) is 16.6. The van der Waals surface area contributed by atoms with Crippen LogP contribution in [-0.4, -0.2) is 36.3 Å². The first-order valence-corrected chi connectivity index (χ1v) is 9.03. The summed E-state index contributed by atoms with van der Waals surface area (Å²) < 4.78 is 4.93. The Morgan fingerprint density at radius 1 is 1.00 bits per heavy atom. The number of amides is 3. The summed E-state index contributed by atoms with van der Waals surface area (Å²) in [5.41, 5.74) is 1.29. The van der Waals surface area contributed by atoms with Gasteiger partial charge < -0.3 is 20.7 Å². The van der Waals surface area contributed by atoms with Gasteiger partial charge >= 0.3 is 5.97 Å². The third-order valence-corrected chi connectivity index (χ3v) is 3.87. The van der Waals surface area contributed by atoms with Crippen LogP contribution in [0.25, 0.3) is 0 Å². The van der Waals surface area contributed by atoms with E-state index in [4.69, 9.17) is 16.3 Å². The van der Waals surface area contributed by atoms with Gasteiger partial charge in [0.05, 0.1) is 0 Å². The van der Waals surface area contributed by atoms with Crippen molar-refractivity contribution in [3.05, 3.63) is 59.1 Å². The first-order chi connectivity index (χ1) is 13.7. The minimum Gasteiger partial charge on any atom is -0.454 e. The molecule has 29 heavy (non-hydrogen) atoms. The maximum atomic E-state index is 12.1. The highest BCUT2D eigenvalue weighted by Crippen LogP contribution is 2.15. The molecule has 3 N–H and O–H groups in total. The predicted molar refractivity (Wildman–Crippen MR) is 109 cm³/mol. The highest BCUT2D eigenvalue weighted by atomic mass is 35.5. The fourth-order valence-electron chi connectivity index (χ4n) is 2.28. The molecule has 0 aliphatic heterocycles. The number of carbonyl (C=O) groups excluding carboxylic acids is 4. The van der Waals surface area contributed by atoms with Gasteiger partial charge in [0.2, 0.25) is 5.91 Å². The number of hydrogen-bond acceptors (Lipinski definition) is 5. The van der Waals surface area contributed by atoms with Crippen LogP contribution in [0.2, 0.25) is 5.02 Å². The van der Waals surface area contributed by atoms with E-state index in [9.17, 15) is 19.2 Å². The summed E-state index contributed by atoms with van der Waals surface area (Å²) in [5.74, 6) is -2.02. The second-order valence-electron chi connectivity index (χ2n) is 6.12. The van der Waals surface area contributed by atoms with Crippen LogP contribution in [0.4, 0.5) is 11.4 Å². The van der Waals surface area contributed by atoms with E-state index in [-0.39, 0.29) is 5.91 Å². The average Bonchev–Trinajstić information content (AvgIpc) is 2.66. The molecule has 0 unspecified atom stereocenters. The highest BCUT2D eigenvalue weighted by Gasteiger charge is 2.19. The zero-order valence-electron chi connectivity index (χ0n) is 15.8. The minimum absolute atomic E-state index is 0.239. The fraction of sp³-hybridized carbons (Fsp3) is 0.200. The number of hydrogen-bond donors (Lipinski definition) is 3. The van der Waals surface area contributed by atoms with Crippen molar-refractivity contribution < 1.29 is 23.9 Å². The average molecular weight is 418 g/mol. The molecule has 8 nitrogen and oxygen atoms in total. The lowest BCUT2D eigenvalue weighted by atomic mass is 10.2. The van der Waals surface area contributed by atoms with Crippen molar-refractivity contribution in [3.8, 4) is 0 Å². The van der Waals surface area contributed by atoms with Crippen LogP contribution < -0.4 is 16.0 Å². The van der Waals surface area contributed by atoms with E-state index in [0.29, 0.717) is 22.0 Å². The molecule has 2 rings (SSSR count). The summed E-state index contributed by atoms with van der Waals surface area (Å²) in [4.78, 5) is 47.1. The Bertz CT molecular complexity index is 915. The van der Waals surface area contributed by atoms with Crippen LogP contribution in [0.15, 0.2) is 48.5 Å². The van der Waals surface area contributed by atoms with Crippen molar-refractivity contribution >= 4 is 46.7 Å². The molecule has 0 heterocycles. The van der Waals surface area contributed by atoms with Crippen LogP contribution >= 0.6 is 11.6 Å². The molecule has 3 amide bonds. The monoisotopic (exact) mass is 417 g/mol. The summed E-state index contributed by atoms with van der Waals surface area (Å²) in [6.45, 7) is 2.30. The van der Waals surface area contributed by atoms with Crippen molar-refractivity contribution in [2.75, 3.05) is 17.2 Å². The molecule has 0 saturated heterocycles. The second-order valence-corrected chi connectivity index (χ2v) is 6.56. The number of halogens is 1. The second kappa shape index (κ2) is 10.2. The van der Waals surface area contributed by atoms with Gasteiger partial charge in [-0.25, -0.2) is 4.79 Å². The lowest BCUT2D eigenvalue weighted by Gasteiger charge is -2.13. The smallest absolute Gasteiger partial charge is 0.328 e. The van der Waals surface area contributed by atoms with Crippen molar-refractivity contribution in [2.45, 2.75) is 19.9 Å². The SMILES string of the molecule is CC(=O)Nc1cccc(NC(=O)COC(=O)[C@H](C)NC(=O)c2ccc(Cl)cc2)c1. The third kappa shape index (κ3) is 7.27. The summed E-state index contributed by atoms with van der Waals surface area (Å²) >= 11 is 5.77. The largest absolute Gasteiger partial charge is 0.454 e. The quantitative estimate of drug-likeness (QED) is 0.599. The van der Waals surface area contributed by atoms with Crippen molar-refractivity contribution in [2.24, 2.45) is 0 Å². The number of nitrogens with one attached hydrogen (secondary N) is 3. The summed E-state index contributed by atoms with van der Waals surface area (Å²) in [6.07, 6.45) is 0. The molecular formula is C20H20ClN3O5. The Labute approximate surface area is 172 Å². The summed E-state index contributed by atoms with van der Waals surface area (Å²) in [6, 6.07) is 11.7. The number of anilines is 2. The maximum Gasteiger partial charge on any atom is 0.328 e. The number of esters is 1. The van der Waals surface area contributed by atoms with Crippen molar-refractivity contribution in [3.63, 3.8) is 0 Å². The van der Waals surface area contributed by atoms with E-state index in [2.05, 4.69) is 16.0 Å². The molecule has 0 spiro atoms. The van der Waals surface area contributed by atoms with E-state index < -0.39 is 30.4 Å². The Balaban J connectivity index is 1.81. The third-order valence-electron chi connectivity index (χ3n) is 3.62. The van der Waals surface area contributed by atoms with Gasteiger partial charge in [0.1, 0.15) is 6.04 Å². The molecular weight excluding hydrogens is 398 g/mol. The van der Waals surface area contributed by atoms with Crippen LogP contribution in [-0.2, 0) is 19.1 Å². The Morgan fingerprint density at radius 2 is 1.62 bits per heavy atom. The van der Waals surface area contributed by atoms with Gasteiger partial charge in [0.15, 0.2) is 6.61 Å². The molecule has 2 aromatic carbocycles. The molecule has 152 valence electrons. The maximum absolute atomic E-state index is 12.1. The first-order valence-electron chi connectivity index (χ1n) is 8.65. The first kappa shape index (κ1) is 21.9. The lowest BCUT2D eigenvalue weighted by molar-refractivity contribution is -0.148. The molecule has 0 radical (unpaired) electrons. The van der Waals surface area contributed by atoms with Gasteiger partial charge in [-0.3, -0.25) is 14.4 Å². The molecule has 0 bridgehead atoms. The molecule has 9 heteroatoms. The van der Waals surface area contributed by atoms with Crippen LogP contribution in [0.1, 0.15) is 24.2 Å². The molecule has 0 aliphatic carbocycles. The van der Waals surface area contributed by atoms with E-state index in [0.717, 1.165) is 0 Å². The standard InChI is InChI=1S/C20H20ClN3O5/c1-12(22-19(27)14-6-8-15(21)9-7-14)20(28)29-11-18(26)24-17-5-3-4-16(10-17)23-13(2)25/h3-10,12H,11H2,1-2H3,(H,22,27)(H,23,25)(H,24,26)/t12-/m0/s1. The molecule has 1 atom stereocenters. The van der Waals surface area contributed by atoms with E-state index in [1.165, 1.54) is 26.0 Å². The van der Waals surface area contributed by atoms with E-state index >= 15 is 0 Å². The number of ether oxygens (including phenoxy) is 1. The molecule has 2 aromatic rings. The van der Waals surface area contributed by atoms with Gasteiger partial charge in [-0.05, 0) is 49.4 Å². The zero-order chi connectivity index (χ0) is 21.4. The van der Waals surface area contributed by atoms with Gasteiger partial charge in [-0.1, -0.05) is 17.7 Å². The fourth-order valence-corrected chi connectivity index (χ4v) is 2.40. The number of carbonyl (C=O) groups is 4. The molecule has 0 aliphatic rings. The summed E-state index contributed by atoms with van der Waals surface area (Å²) in [5, 5.41) is 8.12. The Morgan fingerprint density at radius 3 is 2.24 bits per heavy atom. The Hall–Kier alpha value is -3.39. The number of rotatable bonds is 7. The number of benzene rings is 2. The van der Waals surface area contributed by atoms with Crippen LogP contribution in [0.3, 0.4) is 0 Å². The van der Waals surface area contributed by atoms with Crippen LogP contribution in [0, 0.1) is 0 Å². The van der Waals surface area contributed by atoms with Crippen molar-refractivity contribution in [1.82, 2.24) is 5.32 Å². The van der Waals surface area contributed by atoms with Gasteiger partial charge in [-0.2, -0.15) is 0 Å². The highest BCUT2D eigenvalue weighted by molar-refractivity contribution is 6.30. The normalized spacial score (nSPS) is 11.1. The molecule has 0 saturated carbocycles. The predicted octanol–water partition coefficient (Wildman–Crippen LogP) is 2.60. The van der Waals surface area contributed by atoms with Gasteiger partial charge in [-0.15, -0.1) is 0 Å².